The second-order valence-electron chi connectivity index (χ2n) is 4.46. The van der Waals surface area contributed by atoms with Gasteiger partial charge in [0.25, 0.3) is 5.91 Å². The zero-order chi connectivity index (χ0) is 13.1. The highest BCUT2D eigenvalue weighted by Crippen LogP contribution is 2.26. The van der Waals surface area contributed by atoms with Crippen LogP contribution >= 0.6 is 28.3 Å². The minimum absolute atomic E-state index is 0. The molecule has 0 saturated carbocycles. The SMILES string of the molecule is COc1ccc(C(=O)N2CCN[C@@H](C)C2)cc1Br.Cl. The van der Waals surface area contributed by atoms with Crippen LogP contribution in [0.25, 0.3) is 0 Å². The molecule has 0 unspecified atom stereocenters. The van der Waals surface area contributed by atoms with E-state index in [9.17, 15) is 4.79 Å². The maximum Gasteiger partial charge on any atom is 0.253 e. The van der Waals surface area contributed by atoms with Crippen LogP contribution in [0.3, 0.4) is 0 Å². The molecule has 0 spiro atoms. The van der Waals surface area contributed by atoms with E-state index in [1.54, 1.807) is 13.2 Å². The van der Waals surface area contributed by atoms with Crippen molar-refractivity contribution in [2.45, 2.75) is 13.0 Å². The molecule has 0 aromatic heterocycles. The lowest BCUT2D eigenvalue weighted by Crippen LogP contribution is -2.51. The highest BCUT2D eigenvalue weighted by molar-refractivity contribution is 9.10. The Kier molecular flexibility index (Phi) is 6.10. The maximum absolute atomic E-state index is 12.3. The van der Waals surface area contributed by atoms with Crippen molar-refractivity contribution in [3.63, 3.8) is 0 Å². The quantitative estimate of drug-likeness (QED) is 0.891. The summed E-state index contributed by atoms with van der Waals surface area (Å²) in [6, 6.07) is 5.78. The molecule has 1 aliphatic heterocycles. The van der Waals surface area contributed by atoms with Gasteiger partial charge in [-0.3, -0.25) is 4.79 Å². The Labute approximate surface area is 128 Å². The van der Waals surface area contributed by atoms with Gasteiger partial charge < -0.3 is 15.0 Å². The molecule has 1 heterocycles. The van der Waals surface area contributed by atoms with Gasteiger partial charge in [0.05, 0.1) is 11.6 Å². The van der Waals surface area contributed by atoms with Gasteiger partial charge in [-0.05, 0) is 41.1 Å². The van der Waals surface area contributed by atoms with Gasteiger partial charge in [0.1, 0.15) is 5.75 Å². The van der Waals surface area contributed by atoms with Crippen LogP contribution in [-0.2, 0) is 0 Å². The Morgan fingerprint density at radius 1 is 1.53 bits per heavy atom. The number of amides is 1. The van der Waals surface area contributed by atoms with Gasteiger partial charge >= 0.3 is 0 Å². The van der Waals surface area contributed by atoms with Gasteiger partial charge in [-0.1, -0.05) is 0 Å². The molecular formula is C13H18BrClN2O2. The lowest BCUT2D eigenvalue weighted by molar-refractivity contribution is 0.0709. The van der Waals surface area contributed by atoms with Crippen molar-refractivity contribution in [3.05, 3.63) is 28.2 Å². The van der Waals surface area contributed by atoms with Gasteiger partial charge in [0.15, 0.2) is 0 Å². The second kappa shape index (κ2) is 7.12. The van der Waals surface area contributed by atoms with Crippen LogP contribution in [0.5, 0.6) is 5.75 Å². The standard InChI is InChI=1S/C13H17BrN2O2.ClH/c1-9-8-16(6-5-15-9)13(17)10-3-4-12(18-2)11(14)7-10;/h3-4,7,9,15H,5-6,8H2,1-2H3;1H/t9-;/m0./s1. The first-order chi connectivity index (χ1) is 8.61. The highest BCUT2D eigenvalue weighted by Gasteiger charge is 2.22. The third kappa shape index (κ3) is 3.84. The molecule has 1 amide bonds. The van der Waals surface area contributed by atoms with Crippen LogP contribution in [0.1, 0.15) is 17.3 Å². The molecule has 4 nitrogen and oxygen atoms in total. The summed E-state index contributed by atoms with van der Waals surface area (Å²) in [5.41, 5.74) is 0.691. The number of ether oxygens (including phenoxy) is 1. The number of nitrogens with one attached hydrogen (secondary N) is 1. The molecule has 1 fully saturated rings. The number of nitrogens with zero attached hydrogens (tertiary/aromatic N) is 1. The summed E-state index contributed by atoms with van der Waals surface area (Å²) >= 11 is 3.40. The number of carbonyl (C=O) groups is 1. The fraction of sp³-hybridized carbons (Fsp3) is 0.462. The zero-order valence-electron chi connectivity index (χ0n) is 11.0. The van der Waals surface area contributed by atoms with E-state index in [1.165, 1.54) is 0 Å². The number of rotatable bonds is 2. The monoisotopic (exact) mass is 348 g/mol. The smallest absolute Gasteiger partial charge is 0.253 e. The molecule has 19 heavy (non-hydrogen) atoms. The van der Waals surface area contributed by atoms with E-state index in [0.717, 1.165) is 29.9 Å². The van der Waals surface area contributed by atoms with Crippen LogP contribution in [0.4, 0.5) is 0 Å². The fourth-order valence-electron chi connectivity index (χ4n) is 2.10. The average Bonchev–Trinajstić information content (AvgIpc) is 2.37. The molecule has 1 aromatic carbocycles. The second-order valence-corrected chi connectivity index (χ2v) is 5.31. The van der Waals surface area contributed by atoms with Crippen molar-refractivity contribution < 1.29 is 9.53 Å². The van der Waals surface area contributed by atoms with E-state index in [-0.39, 0.29) is 18.3 Å². The number of carbonyl (C=O) groups excluding carboxylic acids is 1. The third-order valence-corrected chi connectivity index (χ3v) is 3.67. The predicted molar refractivity (Wildman–Crippen MR) is 81.3 cm³/mol. The van der Waals surface area contributed by atoms with Gasteiger partial charge in [0.2, 0.25) is 0 Å². The van der Waals surface area contributed by atoms with Crippen molar-refractivity contribution in [1.29, 1.82) is 0 Å². The molecule has 0 bridgehead atoms. The molecule has 2 rings (SSSR count). The number of piperazine rings is 1. The number of hydrogen-bond donors (Lipinski definition) is 1. The Hall–Kier alpha value is -0.780. The number of methoxy groups -OCH3 is 1. The summed E-state index contributed by atoms with van der Waals surface area (Å²) in [6.45, 7) is 4.45. The number of hydrogen-bond acceptors (Lipinski definition) is 3. The van der Waals surface area contributed by atoms with Gasteiger partial charge in [0, 0.05) is 31.2 Å². The third-order valence-electron chi connectivity index (χ3n) is 3.05. The van der Waals surface area contributed by atoms with Crippen LogP contribution in [0.2, 0.25) is 0 Å². The molecule has 6 heteroatoms. The number of benzene rings is 1. The predicted octanol–water partition coefficient (Wildman–Crippen LogP) is 2.31. The number of halogens is 2. The summed E-state index contributed by atoms with van der Waals surface area (Å²) in [7, 11) is 1.61. The lowest BCUT2D eigenvalue weighted by Gasteiger charge is -2.32. The highest BCUT2D eigenvalue weighted by atomic mass is 79.9. The first-order valence-electron chi connectivity index (χ1n) is 5.98. The summed E-state index contributed by atoms with van der Waals surface area (Å²) in [5.74, 6) is 0.812. The van der Waals surface area contributed by atoms with Gasteiger partial charge in [-0.15, -0.1) is 12.4 Å². The molecule has 0 radical (unpaired) electrons. The van der Waals surface area contributed by atoms with Crippen LogP contribution in [-0.4, -0.2) is 43.6 Å². The van der Waals surface area contributed by atoms with E-state index < -0.39 is 0 Å². The topological polar surface area (TPSA) is 41.6 Å². The van der Waals surface area contributed by atoms with Crippen LogP contribution < -0.4 is 10.1 Å². The van der Waals surface area contributed by atoms with Crippen molar-refractivity contribution in [1.82, 2.24) is 10.2 Å². The van der Waals surface area contributed by atoms with Crippen LogP contribution in [0.15, 0.2) is 22.7 Å². The molecule has 1 N–H and O–H groups in total. The molecule has 106 valence electrons. The summed E-state index contributed by atoms with van der Waals surface area (Å²) < 4.78 is 5.97. The van der Waals surface area contributed by atoms with E-state index in [2.05, 4.69) is 28.2 Å². The Morgan fingerprint density at radius 3 is 2.84 bits per heavy atom. The Bertz CT molecular complexity index is 456. The first-order valence-corrected chi connectivity index (χ1v) is 6.77. The van der Waals surface area contributed by atoms with E-state index in [1.807, 2.05) is 17.0 Å². The molecule has 1 saturated heterocycles. The normalized spacial score (nSPS) is 18.7. The van der Waals surface area contributed by atoms with E-state index in [0.29, 0.717) is 11.6 Å². The minimum atomic E-state index is 0. The molecule has 1 atom stereocenters. The Morgan fingerprint density at radius 2 is 2.26 bits per heavy atom. The molecule has 1 aromatic rings. The van der Waals surface area contributed by atoms with Crippen LogP contribution in [0, 0.1) is 0 Å². The Balaban J connectivity index is 0.00000180. The summed E-state index contributed by atoms with van der Waals surface area (Å²) in [6.07, 6.45) is 0. The first kappa shape index (κ1) is 16.3. The fourth-order valence-corrected chi connectivity index (χ4v) is 2.64. The average molecular weight is 350 g/mol. The van der Waals surface area contributed by atoms with E-state index in [4.69, 9.17) is 4.74 Å². The van der Waals surface area contributed by atoms with Gasteiger partial charge in [-0.2, -0.15) is 0 Å². The van der Waals surface area contributed by atoms with Crippen molar-refractivity contribution >= 4 is 34.2 Å². The van der Waals surface area contributed by atoms with Gasteiger partial charge in [-0.25, -0.2) is 0 Å². The van der Waals surface area contributed by atoms with Crippen molar-refractivity contribution in [2.75, 3.05) is 26.7 Å². The molecule has 1 aliphatic rings. The van der Waals surface area contributed by atoms with Crippen molar-refractivity contribution in [2.24, 2.45) is 0 Å². The largest absolute Gasteiger partial charge is 0.496 e. The van der Waals surface area contributed by atoms with E-state index >= 15 is 0 Å². The maximum atomic E-state index is 12.3. The summed E-state index contributed by atoms with van der Waals surface area (Å²) in [5, 5.41) is 3.32. The lowest BCUT2D eigenvalue weighted by atomic mass is 10.1. The van der Waals surface area contributed by atoms with Crippen molar-refractivity contribution in [3.8, 4) is 5.75 Å². The molecular weight excluding hydrogens is 332 g/mol. The molecule has 0 aliphatic carbocycles. The zero-order valence-corrected chi connectivity index (χ0v) is 13.4. The minimum Gasteiger partial charge on any atom is -0.496 e. The summed E-state index contributed by atoms with van der Waals surface area (Å²) in [4.78, 5) is 14.2.